The Bertz CT molecular complexity index is 631. The van der Waals surface area contributed by atoms with Crippen molar-refractivity contribution >= 4 is 5.69 Å². The van der Waals surface area contributed by atoms with E-state index in [9.17, 15) is 22.0 Å². The van der Waals surface area contributed by atoms with Gasteiger partial charge in [0.25, 0.3) is 0 Å². The molecule has 1 N–H and O–H groups in total. The van der Waals surface area contributed by atoms with E-state index in [0.29, 0.717) is 6.07 Å². The summed E-state index contributed by atoms with van der Waals surface area (Å²) in [4.78, 5) is 0. The number of hydrogen-bond acceptors (Lipinski definition) is 2. The minimum absolute atomic E-state index is 0.469. The van der Waals surface area contributed by atoms with Crippen LogP contribution in [0.5, 0.6) is 0 Å². The van der Waals surface area contributed by atoms with Gasteiger partial charge in [0, 0.05) is 18.9 Å². The van der Waals surface area contributed by atoms with Gasteiger partial charge in [-0.1, -0.05) is 12.1 Å². The summed E-state index contributed by atoms with van der Waals surface area (Å²) >= 11 is 0. The number of nitrogens with one attached hydrogen (secondary N) is 1. The Hall–Kier alpha value is -2.12. The van der Waals surface area contributed by atoms with Gasteiger partial charge in [0.1, 0.15) is 5.69 Å². The summed E-state index contributed by atoms with van der Waals surface area (Å²) in [7, 11) is 1.75. The topological polar surface area (TPSA) is 29.9 Å². The van der Waals surface area contributed by atoms with Crippen LogP contribution in [-0.4, -0.2) is 23.0 Å². The molecule has 120 valence electrons. The molecule has 1 unspecified atom stereocenters. The number of rotatable bonds is 4. The number of alkyl halides is 5. The van der Waals surface area contributed by atoms with Gasteiger partial charge in [-0.25, -0.2) is 0 Å². The van der Waals surface area contributed by atoms with Crippen LogP contribution in [0, 0.1) is 0 Å². The van der Waals surface area contributed by atoms with Crippen molar-refractivity contribution in [3.8, 4) is 0 Å². The Morgan fingerprint density at radius 1 is 1.05 bits per heavy atom. The van der Waals surface area contributed by atoms with Crippen LogP contribution >= 0.6 is 0 Å². The summed E-state index contributed by atoms with van der Waals surface area (Å²) in [5, 5.41) is 6.33. The lowest BCUT2D eigenvalue weighted by molar-refractivity contribution is -0.291. The summed E-state index contributed by atoms with van der Waals surface area (Å²) in [6.07, 6.45) is -4.55. The maximum Gasteiger partial charge on any atom is 0.459 e. The predicted octanol–water partition coefficient (Wildman–Crippen LogP) is 4.19. The molecule has 0 bridgehead atoms. The molecule has 0 amide bonds. The van der Waals surface area contributed by atoms with Crippen molar-refractivity contribution in [2.45, 2.75) is 25.1 Å². The summed E-state index contributed by atoms with van der Waals surface area (Å²) in [6, 6.07) is 7.27. The van der Waals surface area contributed by atoms with Gasteiger partial charge in [0.05, 0.1) is 6.04 Å². The molecule has 0 fully saturated rings. The molecule has 0 radical (unpaired) electrons. The Morgan fingerprint density at radius 2 is 1.64 bits per heavy atom. The lowest BCUT2D eigenvalue weighted by Crippen LogP contribution is -2.34. The molecule has 0 saturated carbocycles. The van der Waals surface area contributed by atoms with Crippen LogP contribution in [0.2, 0.25) is 0 Å². The number of anilines is 1. The fourth-order valence-corrected chi connectivity index (χ4v) is 1.95. The van der Waals surface area contributed by atoms with Gasteiger partial charge in [0.2, 0.25) is 0 Å². The number of benzene rings is 1. The van der Waals surface area contributed by atoms with Gasteiger partial charge in [-0.05, 0) is 30.7 Å². The lowest BCUT2D eigenvalue weighted by atomic mass is 10.1. The maximum atomic E-state index is 13.2. The number of halogens is 5. The van der Waals surface area contributed by atoms with Crippen molar-refractivity contribution in [2.75, 3.05) is 12.4 Å². The van der Waals surface area contributed by atoms with E-state index < -0.39 is 23.8 Å². The molecule has 1 atom stereocenters. The second-order valence-corrected chi connectivity index (χ2v) is 4.80. The zero-order valence-corrected chi connectivity index (χ0v) is 11.8. The predicted molar refractivity (Wildman–Crippen MR) is 72.0 cm³/mol. The van der Waals surface area contributed by atoms with E-state index in [-0.39, 0.29) is 0 Å². The van der Waals surface area contributed by atoms with Crippen LogP contribution in [-0.2, 0) is 5.92 Å². The van der Waals surface area contributed by atoms with Crippen molar-refractivity contribution in [1.82, 2.24) is 9.78 Å². The summed E-state index contributed by atoms with van der Waals surface area (Å²) in [5.41, 5.74) is 0.295. The first-order chi connectivity index (χ1) is 10.2. The van der Waals surface area contributed by atoms with Gasteiger partial charge in [-0.15, -0.1) is 0 Å². The third-order valence-corrected chi connectivity index (χ3v) is 3.36. The third kappa shape index (κ3) is 2.90. The molecule has 1 heterocycles. The molecule has 0 aliphatic carbocycles. The first-order valence-electron chi connectivity index (χ1n) is 6.44. The van der Waals surface area contributed by atoms with E-state index in [1.165, 1.54) is 0 Å². The molecule has 3 nitrogen and oxygen atoms in total. The minimum atomic E-state index is -5.66. The van der Waals surface area contributed by atoms with Gasteiger partial charge in [0.15, 0.2) is 0 Å². The number of nitrogens with zero attached hydrogens (tertiary/aromatic N) is 2. The fourth-order valence-electron chi connectivity index (χ4n) is 1.95. The van der Waals surface area contributed by atoms with Gasteiger partial charge in [-0.2, -0.15) is 27.1 Å². The molecule has 1 aromatic heterocycles. The third-order valence-electron chi connectivity index (χ3n) is 3.36. The lowest BCUT2D eigenvalue weighted by Gasteiger charge is -2.18. The molecular formula is C14H14F5N3. The Labute approximate surface area is 123 Å². The first kappa shape index (κ1) is 16.3. The van der Waals surface area contributed by atoms with E-state index in [0.717, 1.165) is 22.1 Å². The van der Waals surface area contributed by atoms with E-state index in [4.69, 9.17) is 0 Å². The zero-order chi connectivity index (χ0) is 16.5. The molecule has 0 saturated heterocycles. The first-order valence-corrected chi connectivity index (χ1v) is 6.44. The van der Waals surface area contributed by atoms with Crippen molar-refractivity contribution in [3.05, 3.63) is 47.8 Å². The Morgan fingerprint density at radius 3 is 2.14 bits per heavy atom. The summed E-state index contributed by atoms with van der Waals surface area (Å²) in [5.74, 6) is -4.96. The van der Waals surface area contributed by atoms with Crippen molar-refractivity contribution < 1.29 is 22.0 Å². The molecular weight excluding hydrogens is 305 g/mol. The highest BCUT2D eigenvalue weighted by Crippen LogP contribution is 2.43. The second kappa shape index (κ2) is 5.58. The minimum Gasteiger partial charge on any atom is -0.388 e. The quantitative estimate of drug-likeness (QED) is 0.857. The highest BCUT2D eigenvalue weighted by molar-refractivity contribution is 5.44. The molecule has 22 heavy (non-hydrogen) atoms. The molecule has 0 aliphatic rings. The van der Waals surface area contributed by atoms with Gasteiger partial charge in [-0.3, -0.25) is 4.68 Å². The summed E-state index contributed by atoms with van der Waals surface area (Å²) in [6.45, 7) is 1.66. The van der Waals surface area contributed by atoms with Crippen LogP contribution in [0.15, 0.2) is 36.5 Å². The van der Waals surface area contributed by atoms with Crippen LogP contribution in [0.25, 0.3) is 0 Å². The molecule has 2 aromatic rings. The van der Waals surface area contributed by atoms with Crippen LogP contribution in [0.4, 0.5) is 27.6 Å². The molecule has 2 rings (SSSR count). The van der Waals surface area contributed by atoms with E-state index in [1.807, 2.05) is 0 Å². The standard InChI is InChI=1S/C14H14F5N3/c1-9(10-3-5-11(20-2)6-4-10)22-8-7-12(21-22)13(15,16)14(17,18)19/h3-9,20H,1-2H3. The van der Waals surface area contributed by atoms with Gasteiger partial charge >= 0.3 is 12.1 Å². The molecule has 0 aliphatic heterocycles. The highest BCUT2D eigenvalue weighted by atomic mass is 19.4. The number of hydrogen-bond donors (Lipinski definition) is 1. The van der Waals surface area contributed by atoms with Crippen LogP contribution in [0.3, 0.4) is 0 Å². The normalized spacial score (nSPS) is 14.0. The monoisotopic (exact) mass is 319 g/mol. The smallest absolute Gasteiger partial charge is 0.388 e. The van der Waals surface area contributed by atoms with Crippen LogP contribution < -0.4 is 5.32 Å². The maximum absolute atomic E-state index is 13.2. The molecule has 0 spiro atoms. The largest absolute Gasteiger partial charge is 0.459 e. The van der Waals surface area contributed by atoms with E-state index in [1.54, 1.807) is 38.2 Å². The average molecular weight is 319 g/mol. The fraction of sp³-hybridized carbons (Fsp3) is 0.357. The zero-order valence-electron chi connectivity index (χ0n) is 11.8. The van der Waals surface area contributed by atoms with Gasteiger partial charge < -0.3 is 5.32 Å². The van der Waals surface area contributed by atoms with Crippen molar-refractivity contribution in [2.24, 2.45) is 0 Å². The van der Waals surface area contributed by atoms with E-state index >= 15 is 0 Å². The number of aromatic nitrogens is 2. The summed E-state index contributed by atoms with van der Waals surface area (Å²) < 4.78 is 64.5. The second-order valence-electron chi connectivity index (χ2n) is 4.80. The Kier molecular flexibility index (Phi) is 4.12. The average Bonchev–Trinajstić information content (AvgIpc) is 2.96. The Balaban J connectivity index is 2.27. The van der Waals surface area contributed by atoms with E-state index in [2.05, 4.69) is 10.4 Å². The van der Waals surface area contributed by atoms with Crippen LogP contribution in [0.1, 0.15) is 24.2 Å². The molecule has 1 aromatic carbocycles. The van der Waals surface area contributed by atoms with Crippen molar-refractivity contribution in [1.29, 1.82) is 0 Å². The SMILES string of the molecule is CNc1ccc(C(C)n2ccc(C(F)(F)C(F)(F)F)n2)cc1. The van der Waals surface area contributed by atoms with Crippen molar-refractivity contribution in [3.63, 3.8) is 0 Å². The molecule has 8 heteroatoms. The highest BCUT2D eigenvalue weighted by Gasteiger charge is 2.60.